The van der Waals surface area contributed by atoms with Gasteiger partial charge in [-0.25, -0.2) is 9.97 Å². The predicted octanol–water partition coefficient (Wildman–Crippen LogP) is 4.04. The summed E-state index contributed by atoms with van der Waals surface area (Å²) in [6.07, 6.45) is 1.17. The van der Waals surface area contributed by atoms with Crippen LogP contribution in [0.1, 0.15) is 35.3 Å². The maximum atomic E-state index is 13.5. The Morgan fingerprint density at radius 2 is 1.94 bits per heavy atom. The number of benzene rings is 1. The van der Waals surface area contributed by atoms with E-state index >= 15 is 0 Å². The van der Waals surface area contributed by atoms with Crippen molar-refractivity contribution in [1.82, 2.24) is 14.5 Å². The molecule has 1 saturated heterocycles. The smallest absolute Gasteiger partial charge is 0.341 e. The van der Waals surface area contributed by atoms with E-state index in [1.807, 2.05) is 10.6 Å². The molecule has 2 N–H and O–H groups in total. The monoisotopic (exact) mass is 455 g/mol. The number of H-pyrrole nitrogens is 2. The molecule has 1 fully saturated rings. The van der Waals surface area contributed by atoms with Crippen LogP contribution in [0.2, 0.25) is 0 Å². The number of carbonyl (C=O) groups is 1. The van der Waals surface area contributed by atoms with Gasteiger partial charge in [0.1, 0.15) is 6.20 Å². The molecule has 1 amide bonds. The molecule has 1 aliphatic heterocycles. The lowest BCUT2D eigenvalue weighted by Crippen LogP contribution is -2.44. The van der Waals surface area contributed by atoms with Gasteiger partial charge in [0.2, 0.25) is 0 Å². The Hall–Kier alpha value is -3.62. The number of hydrogen-bond donors (Lipinski definition) is 1. The summed E-state index contributed by atoms with van der Waals surface area (Å²) in [5.74, 6) is -0.485. The van der Waals surface area contributed by atoms with E-state index in [1.165, 1.54) is 29.2 Å². The molecular formula is C24H22F3N4O2+. The number of amides is 1. The molecule has 3 aromatic heterocycles. The molecular weight excluding hydrogens is 433 g/mol. The van der Waals surface area contributed by atoms with E-state index in [9.17, 15) is 22.8 Å². The predicted molar refractivity (Wildman–Crippen MR) is 117 cm³/mol. The highest BCUT2D eigenvalue weighted by molar-refractivity contribution is 6.00. The van der Waals surface area contributed by atoms with Gasteiger partial charge in [-0.05, 0) is 30.5 Å². The Balaban J connectivity index is 1.57. The maximum absolute atomic E-state index is 13.5. The van der Waals surface area contributed by atoms with Crippen molar-refractivity contribution in [2.75, 3.05) is 13.1 Å². The van der Waals surface area contributed by atoms with Crippen molar-refractivity contribution in [2.24, 2.45) is 5.92 Å². The fourth-order valence-electron chi connectivity index (χ4n) is 4.78. The molecule has 0 radical (unpaired) electrons. The Morgan fingerprint density at radius 1 is 1.15 bits per heavy atom. The number of nitrogens with zero attached hydrogens (tertiary/aromatic N) is 2. The van der Waals surface area contributed by atoms with Crippen LogP contribution >= 0.6 is 0 Å². The summed E-state index contributed by atoms with van der Waals surface area (Å²) in [5, 5.41) is 1.35. The Bertz CT molecular complexity index is 1420. The van der Waals surface area contributed by atoms with Crippen LogP contribution in [0.3, 0.4) is 0 Å². The minimum atomic E-state index is -4.61. The van der Waals surface area contributed by atoms with Crippen LogP contribution in [0.15, 0.2) is 59.8 Å². The van der Waals surface area contributed by atoms with Crippen molar-refractivity contribution in [3.05, 3.63) is 76.3 Å². The van der Waals surface area contributed by atoms with Gasteiger partial charge in [0.05, 0.1) is 39.7 Å². The van der Waals surface area contributed by atoms with E-state index in [1.54, 1.807) is 18.6 Å². The highest BCUT2D eigenvalue weighted by Crippen LogP contribution is 2.35. The fourth-order valence-corrected chi connectivity index (χ4v) is 4.78. The van der Waals surface area contributed by atoms with Gasteiger partial charge in [0, 0.05) is 25.4 Å². The lowest BCUT2D eigenvalue weighted by molar-refractivity contribution is -0.345. The molecule has 9 heteroatoms. The van der Waals surface area contributed by atoms with Gasteiger partial charge in [-0.2, -0.15) is 13.2 Å². The summed E-state index contributed by atoms with van der Waals surface area (Å²) in [6.45, 7) is 2.67. The Labute approximate surface area is 186 Å². The number of fused-ring (bicyclic) bond motifs is 3. The second-order valence-corrected chi connectivity index (χ2v) is 8.53. The van der Waals surface area contributed by atoms with E-state index in [0.29, 0.717) is 18.4 Å². The molecule has 1 aliphatic rings. The molecule has 2 atom stereocenters. The minimum absolute atomic E-state index is 0.129. The van der Waals surface area contributed by atoms with Gasteiger partial charge in [-0.1, -0.05) is 19.1 Å². The Kier molecular flexibility index (Phi) is 4.99. The summed E-state index contributed by atoms with van der Waals surface area (Å²) in [6, 6.07) is 8.05. The average Bonchev–Trinajstić information content (AvgIpc) is 3.28. The topological polar surface area (TPSA) is 72.2 Å². The van der Waals surface area contributed by atoms with E-state index in [0.717, 1.165) is 22.6 Å². The highest BCUT2D eigenvalue weighted by Gasteiger charge is 2.38. The fraction of sp³-hybridized carbons (Fsp3) is 0.292. The van der Waals surface area contributed by atoms with Gasteiger partial charge < -0.3 is 9.47 Å². The number of carbonyl (C=O) groups excluding carboxylic acids is 1. The molecule has 5 rings (SSSR count). The van der Waals surface area contributed by atoms with Crippen LogP contribution in [-0.2, 0) is 6.18 Å². The number of pyridine rings is 2. The van der Waals surface area contributed by atoms with Crippen LogP contribution in [0.4, 0.5) is 13.2 Å². The Morgan fingerprint density at radius 3 is 2.73 bits per heavy atom. The van der Waals surface area contributed by atoms with Gasteiger partial charge in [0.25, 0.3) is 11.6 Å². The minimum Gasteiger partial charge on any atom is -0.341 e. The van der Waals surface area contributed by atoms with Crippen LogP contribution < -0.4 is 10.4 Å². The summed E-state index contributed by atoms with van der Waals surface area (Å²) in [4.78, 5) is 33.4. The standard InChI is InChI=1S/C24H21F3N4O2/c1-14-7-10-30(23(33)15-4-2-3-5-18(15)24(25,26)27)13-19(14)31-11-8-20(32)17-12-29-22-16(21(17)31)6-9-28-22/h2-6,8-9,11-12,14,19H,7,10,13H2,1H3,(H,28,29)/p+1/t14-,19+/m1/s1. The maximum Gasteiger partial charge on any atom is 0.417 e. The van der Waals surface area contributed by atoms with Crippen molar-refractivity contribution < 1.29 is 22.9 Å². The summed E-state index contributed by atoms with van der Waals surface area (Å²) < 4.78 is 42.5. The molecule has 1 aromatic carbocycles. The van der Waals surface area contributed by atoms with E-state index < -0.39 is 17.6 Å². The first-order valence-corrected chi connectivity index (χ1v) is 10.7. The van der Waals surface area contributed by atoms with Crippen LogP contribution in [-0.4, -0.2) is 33.4 Å². The second kappa shape index (κ2) is 7.75. The molecule has 0 spiro atoms. The molecule has 0 unspecified atom stereocenters. The SMILES string of the molecule is C[C@@H]1CCN(C(=O)c2ccccc2C(F)(F)F)C[C@@H]1n1ccc(=O)c2c[nH+]c3[nH]ccc3c21. The second-order valence-electron chi connectivity index (χ2n) is 8.53. The molecule has 6 nitrogen and oxygen atoms in total. The number of hydrogen-bond acceptors (Lipinski definition) is 2. The molecule has 0 bridgehead atoms. The third-order valence-electron chi connectivity index (χ3n) is 6.55. The van der Waals surface area contributed by atoms with Crippen molar-refractivity contribution >= 4 is 27.8 Å². The summed E-state index contributed by atoms with van der Waals surface area (Å²) in [5.41, 5.74) is 0.0991. The lowest BCUT2D eigenvalue weighted by atomic mass is 9.91. The zero-order chi connectivity index (χ0) is 23.3. The quantitative estimate of drug-likeness (QED) is 0.496. The molecule has 0 aliphatic carbocycles. The molecule has 33 heavy (non-hydrogen) atoms. The van der Waals surface area contributed by atoms with Crippen molar-refractivity contribution in [1.29, 1.82) is 0 Å². The van der Waals surface area contributed by atoms with Gasteiger partial charge in [0.15, 0.2) is 5.43 Å². The molecule has 0 saturated carbocycles. The lowest BCUT2D eigenvalue weighted by Gasteiger charge is -2.39. The van der Waals surface area contributed by atoms with E-state index in [-0.39, 0.29) is 29.5 Å². The van der Waals surface area contributed by atoms with Crippen LogP contribution in [0.5, 0.6) is 0 Å². The zero-order valence-corrected chi connectivity index (χ0v) is 17.8. The third-order valence-corrected chi connectivity index (χ3v) is 6.55. The number of nitrogens with one attached hydrogen (secondary N) is 2. The first kappa shape index (κ1) is 21.2. The average molecular weight is 455 g/mol. The molecule has 4 heterocycles. The number of alkyl halides is 3. The highest BCUT2D eigenvalue weighted by atomic mass is 19.4. The van der Waals surface area contributed by atoms with Crippen LogP contribution in [0.25, 0.3) is 21.9 Å². The molecule has 170 valence electrons. The first-order valence-electron chi connectivity index (χ1n) is 10.7. The van der Waals surface area contributed by atoms with Crippen molar-refractivity contribution in [3.63, 3.8) is 0 Å². The van der Waals surface area contributed by atoms with Crippen molar-refractivity contribution in [3.8, 4) is 0 Å². The van der Waals surface area contributed by atoms with Gasteiger partial charge in [-0.15, -0.1) is 0 Å². The largest absolute Gasteiger partial charge is 0.417 e. The third kappa shape index (κ3) is 3.57. The zero-order valence-electron chi connectivity index (χ0n) is 17.8. The van der Waals surface area contributed by atoms with Gasteiger partial charge in [-0.3, -0.25) is 9.59 Å². The summed E-state index contributed by atoms with van der Waals surface area (Å²) >= 11 is 0. The normalized spacial score (nSPS) is 19.3. The molecule has 4 aromatic rings. The number of likely N-dealkylation sites (tertiary alicyclic amines) is 1. The number of halogens is 3. The number of rotatable bonds is 2. The first-order chi connectivity index (χ1) is 15.8. The number of aromatic nitrogens is 3. The number of aromatic amines is 2. The van der Waals surface area contributed by atoms with Crippen molar-refractivity contribution in [2.45, 2.75) is 25.6 Å². The van der Waals surface area contributed by atoms with E-state index in [4.69, 9.17) is 0 Å². The van der Waals surface area contributed by atoms with Crippen LogP contribution in [0, 0.1) is 5.92 Å². The number of piperidine rings is 1. The van der Waals surface area contributed by atoms with E-state index in [2.05, 4.69) is 16.9 Å². The van der Waals surface area contributed by atoms with Gasteiger partial charge >= 0.3 is 6.18 Å². The summed E-state index contributed by atoms with van der Waals surface area (Å²) in [7, 11) is 0.